The number of aliphatic hydroxyl groups is 1. The van der Waals surface area contributed by atoms with E-state index in [0.717, 1.165) is 12.8 Å². The van der Waals surface area contributed by atoms with Crippen LogP contribution in [0.15, 0.2) is 42.6 Å². The Morgan fingerprint density at radius 3 is 2.23 bits per heavy atom. The van der Waals surface area contributed by atoms with Crippen LogP contribution in [0.25, 0.3) is 0 Å². The van der Waals surface area contributed by atoms with Crippen LogP contribution in [0.4, 0.5) is 5.69 Å². The molecule has 1 atom stereocenters. The number of halogens is 2. The van der Waals surface area contributed by atoms with Crippen LogP contribution in [0.1, 0.15) is 65.4 Å². The molecule has 0 aromatic heterocycles. The van der Waals surface area contributed by atoms with Crippen LogP contribution < -0.4 is 16.0 Å². The summed E-state index contributed by atoms with van der Waals surface area (Å²) >= 11 is 10.7. The monoisotopic (exact) mass is 598 g/mol. The van der Waals surface area contributed by atoms with Gasteiger partial charge in [0.2, 0.25) is 17.7 Å². The third-order valence-corrected chi connectivity index (χ3v) is 5.86. The third kappa shape index (κ3) is 14.0. The second-order valence-corrected chi connectivity index (χ2v) is 9.76. The Hall–Kier alpha value is -2.88. The van der Waals surface area contributed by atoms with Crippen molar-refractivity contribution < 1.29 is 24.3 Å². The number of carbonyl (C=O) groups is 4. The third-order valence-electron chi connectivity index (χ3n) is 5.51. The van der Waals surface area contributed by atoms with E-state index < -0.39 is 17.9 Å². The minimum Gasteiger partial charge on any atom is -0.392 e. The molecule has 11 heteroatoms. The largest absolute Gasteiger partial charge is 0.392 e. The summed E-state index contributed by atoms with van der Waals surface area (Å²) in [5.74, 6) is -1.39. The van der Waals surface area contributed by atoms with Gasteiger partial charge in [0, 0.05) is 41.8 Å². The summed E-state index contributed by atoms with van der Waals surface area (Å²) in [4.78, 5) is 50.4. The standard InChI is InChI=1S/C25H33ClN4O5.C3H8.CH3Cl/c1-16(2)24(29-21(32)7-5-4-6-12-30-17(3)8-11-23(30)34)25(35)27-14-22(33)28-19-10-9-18(15-31)20(26)13-19;1-3-2;1-2/h8-11,13,16,24,31H,3-7,12,14-15H2,1-2H3,(H,27,35)(H,28,33)(H,29,32);3H2,1-2H3;1H3. The SMILES string of the molecule is C=C1C=CC(=O)N1CCCCCC(=O)NC(C(=O)NCC(=O)Nc1ccc(CO)c(Cl)c1)C(C)C.CCC.CCl. The number of allylic oxidation sites excluding steroid dienone is 1. The number of nitrogens with zero attached hydrogens (tertiary/aromatic N) is 1. The number of unbranched alkanes of at least 4 members (excludes halogenated alkanes) is 2. The van der Waals surface area contributed by atoms with Crippen molar-refractivity contribution >= 4 is 52.5 Å². The normalized spacial score (nSPS) is 12.7. The molecule has 0 spiro atoms. The van der Waals surface area contributed by atoms with Crippen LogP contribution in [0.3, 0.4) is 0 Å². The van der Waals surface area contributed by atoms with Gasteiger partial charge in [-0.15, -0.1) is 11.6 Å². The maximum absolute atomic E-state index is 12.6. The number of hydrogen-bond donors (Lipinski definition) is 4. The first-order valence-electron chi connectivity index (χ1n) is 13.4. The van der Waals surface area contributed by atoms with Gasteiger partial charge in [-0.25, -0.2) is 0 Å². The van der Waals surface area contributed by atoms with Crippen molar-refractivity contribution in [3.63, 3.8) is 0 Å². The van der Waals surface area contributed by atoms with Gasteiger partial charge in [0.15, 0.2) is 0 Å². The van der Waals surface area contributed by atoms with Gasteiger partial charge < -0.3 is 26.0 Å². The molecule has 1 unspecified atom stereocenters. The number of benzene rings is 1. The van der Waals surface area contributed by atoms with Crippen LogP contribution in [0, 0.1) is 5.92 Å². The Morgan fingerprint density at radius 1 is 1.05 bits per heavy atom. The maximum atomic E-state index is 12.6. The number of nitrogens with one attached hydrogen (secondary N) is 3. The molecule has 9 nitrogen and oxygen atoms in total. The molecular weight excluding hydrogens is 555 g/mol. The van der Waals surface area contributed by atoms with E-state index in [1.165, 1.54) is 24.9 Å². The predicted octanol–water partition coefficient (Wildman–Crippen LogP) is 4.77. The molecule has 1 aliphatic heterocycles. The molecule has 4 amide bonds. The lowest BCUT2D eigenvalue weighted by Gasteiger charge is -2.22. The first-order chi connectivity index (χ1) is 19.0. The summed E-state index contributed by atoms with van der Waals surface area (Å²) in [7, 11) is 0. The van der Waals surface area contributed by atoms with Crippen molar-refractivity contribution in [1.29, 1.82) is 0 Å². The number of aliphatic hydroxyl groups excluding tert-OH is 1. The molecule has 0 bridgehead atoms. The lowest BCUT2D eigenvalue weighted by molar-refractivity contribution is -0.130. The summed E-state index contributed by atoms with van der Waals surface area (Å²) in [6, 6.07) is 3.94. The molecule has 0 saturated heterocycles. The Kier molecular flexibility index (Phi) is 19.4. The van der Waals surface area contributed by atoms with E-state index in [1.54, 1.807) is 23.1 Å². The first kappa shape index (κ1) is 37.1. The second kappa shape index (κ2) is 20.9. The van der Waals surface area contributed by atoms with Crippen LogP contribution >= 0.6 is 23.2 Å². The van der Waals surface area contributed by atoms with E-state index in [9.17, 15) is 19.2 Å². The van der Waals surface area contributed by atoms with Crippen molar-refractivity contribution in [2.75, 3.05) is 24.8 Å². The molecule has 2 rings (SSSR count). The van der Waals surface area contributed by atoms with E-state index in [0.29, 0.717) is 34.9 Å². The molecule has 0 saturated carbocycles. The molecule has 1 aromatic carbocycles. The number of amides is 4. The first-order valence-corrected chi connectivity index (χ1v) is 14.5. The lowest BCUT2D eigenvalue weighted by Crippen LogP contribution is -2.51. The Bertz CT molecular complexity index is 996. The van der Waals surface area contributed by atoms with Gasteiger partial charge in [0.05, 0.1) is 13.2 Å². The van der Waals surface area contributed by atoms with Gasteiger partial charge in [-0.2, -0.15) is 0 Å². The molecule has 224 valence electrons. The summed E-state index contributed by atoms with van der Waals surface area (Å²) in [5, 5.41) is 17.4. The Morgan fingerprint density at radius 2 is 1.70 bits per heavy atom. The molecule has 1 aliphatic rings. The average molecular weight is 600 g/mol. The van der Waals surface area contributed by atoms with Crippen LogP contribution in [0.2, 0.25) is 5.02 Å². The lowest BCUT2D eigenvalue weighted by atomic mass is 10.0. The predicted molar refractivity (Wildman–Crippen MR) is 162 cm³/mol. The number of rotatable bonds is 13. The molecule has 1 heterocycles. The quantitative estimate of drug-likeness (QED) is 0.192. The van der Waals surface area contributed by atoms with Gasteiger partial charge in [-0.05, 0) is 42.5 Å². The van der Waals surface area contributed by atoms with Crippen LogP contribution in [-0.4, -0.2) is 59.1 Å². The number of carbonyl (C=O) groups excluding carboxylic acids is 4. The fourth-order valence-electron chi connectivity index (χ4n) is 3.49. The zero-order chi connectivity index (χ0) is 30.7. The highest BCUT2D eigenvalue weighted by Crippen LogP contribution is 2.21. The van der Waals surface area contributed by atoms with Crippen molar-refractivity contribution in [3.8, 4) is 0 Å². The van der Waals surface area contributed by atoms with Crippen LogP contribution in [-0.2, 0) is 25.8 Å². The molecule has 4 N–H and O–H groups in total. The van der Waals surface area contributed by atoms with Gasteiger partial charge in [-0.3, -0.25) is 19.2 Å². The Labute approximate surface area is 248 Å². The van der Waals surface area contributed by atoms with Gasteiger partial charge in [0.1, 0.15) is 6.04 Å². The van der Waals surface area contributed by atoms with Gasteiger partial charge in [0.25, 0.3) is 5.91 Å². The zero-order valence-corrected chi connectivity index (χ0v) is 25.7. The second-order valence-electron chi connectivity index (χ2n) is 9.35. The van der Waals surface area contributed by atoms with Crippen molar-refractivity contribution in [2.45, 2.75) is 72.4 Å². The van der Waals surface area contributed by atoms with E-state index >= 15 is 0 Å². The minimum absolute atomic E-state index is 0.0735. The highest BCUT2D eigenvalue weighted by Gasteiger charge is 2.24. The molecule has 40 heavy (non-hydrogen) atoms. The highest BCUT2D eigenvalue weighted by molar-refractivity contribution is 6.31. The molecule has 0 aliphatic carbocycles. The summed E-state index contributed by atoms with van der Waals surface area (Å²) in [6.45, 7) is 11.8. The number of hydrogen-bond acceptors (Lipinski definition) is 5. The summed E-state index contributed by atoms with van der Waals surface area (Å²) in [5.41, 5.74) is 1.66. The van der Waals surface area contributed by atoms with Crippen LogP contribution in [0.5, 0.6) is 0 Å². The van der Waals surface area contributed by atoms with Crippen molar-refractivity contribution in [1.82, 2.24) is 15.5 Å². The smallest absolute Gasteiger partial charge is 0.251 e. The Balaban J connectivity index is 0.00000284. The zero-order valence-electron chi connectivity index (χ0n) is 24.2. The fraction of sp³-hybridized carbons (Fsp3) is 0.517. The van der Waals surface area contributed by atoms with E-state index in [4.69, 9.17) is 16.7 Å². The van der Waals surface area contributed by atoms with E-state index in [-0.39, 0.29) is 37.3 Å². The van der Waals surface area contributed by atoms with Crippen molar-refractivity contribution in [2.24, 2.45) is 5.92 Å². The molecular formula is C29H44Cl2N4O5. The van der Waals surface area contributed by atoms with E-state index in [1.807, 2.05) is 13.8 Å². The van der Waals surface area contributed by atoms with Crippen molar-refractivity contribution in [3.05, 3.63) is 53.2 Å². The number of anilines is 1. The number of alkyl halides is 1. The highest BCUT2D eigenvalue weighted by atomic mass is 35.5. The topological polar surface area (TPSA) is 128 Å². The molecule has 1 aromatic rings. The average Bonchev–Trinajstić information content (AvgIpc) is 3.24. The van der Waals surface area contributed by atoms with Gasteiger partial charge in [-0.1, -0.05) is 64.8 Å². The molecule has 0 radical (unpaired) electrons. The minimum atomic E-state index is -0.773. The van der Waals surface area contributed by atoms with E-state index in [2.05, 4.69) is 48.0 Å². The molecule has 0 fully saturated rings. The van der Waals surface area contributed by atoms with Gasteiger partial charge >= 0.3 is 0 Å². The summed E-state index contributed by atoms with van der Waals surface area (Å²) in [6.07, 6.45) is 8.28. The fourth-order valence-corrected chi connectivity index (χ4v) is 3.73. The maximum Gasteiger partial charge on any atom is 0.251 e. The summed E-state index contributed by atoms with van der Waals surface area (Å²) < 4.78 is 0.